The lowest BCUT2D eigenvalue weighted by atomic mass is 9.95. The summed E-state index contributed by atoms with van der Waals surface area (Å²) < 4.78 is 11.3. The van der Waals surface area contributed by atoms with E-state index in [-0.39, 0.29) is 17.1 Å². The fraction of sp³-hybridized carbons (Fsp3) is 0.290. The number of amides is 1. The number of phenolic OH excluding ortho intramolecular Hbond substituents is 1. The van der Waals surface area contributed by atoms with E-state index < -0.39 is 17.7 Å². The number of hydrogen-bond donors (Lipinski definition) is 2. The van der Waals surface area contributed by atoms with Gasteiger partial charge in [-0.1, -0.05) is 42.0 Å². The number of nitrogens with zero attached hydrogens (tertiary/aromatic N) is 2. The minimum atomic E-state index is -0.824. The quantitative estimate of drug-likeness (QED) is 0.259. The average Bonchev–Trinajstić information content (AvgIpc) is 3.20. The maximum absolute atomic E-state index is 13.3. The number of aliphatic hydroxyl groups excluding tert-OH is 1. The number of hydrogen-bond acceptors (Lipinski definition) is 7. The Hall–Kier alpha value is -4.14. The number of aliphatic hydroxyl groups is 1. The van der Waals surface area contributed by atoms with E-state index in [2.05, 4.69) is 11.0 Å². The Morgan fingerprint density at radius 1 is 0.974 bits per heavy atom. The van der Waals surface area contributed by atoms with Gasteiger partial charge in [0.1, 0.15) is 23.9 Å². The summed E-state index contributed by atoms with van der Waals surface area (Å²) in [4.78, 5) is 30.1. The van der Waals surface area contributed by atoms with E-state index in [1.54, 1.807) is 36.4 Å². The largest absolute Gasteiger partial charge is 0.508 e. The second-order valence-electron chi connectivity index (χ2n) is 9.84. The molecule has 2 N–H and O–H groups in total. The van der Waals surface area contributed by atoms with Crippen LogP contribution in [0.4, 0.5) is 0 Å². The lowest BCUT2D eigenvalue weighted by Crippen LogP contribution is -2.42. The first-order valence-corrected chi connectivity index (χ1v) is 13.1. The Morgan fingerprint density at radius 2 is 1.72 bits per heavy atom. The zero-order valence-electron chi connectivity index (χ0n) is 21.9. The van der Waals surface area contributed by atoms with E-state index in [0.717, 1.165) is 24.2 Å². The summed E-state index contributed by atoms with van der Waals surface area (Å²) in [5, 5.41) is 21.5. The molecule has 39 heavy (non-hydrogen) atoms. The van der Waals surface area contributed by atoms with Gasteiger partial charge in [0, 0.05) is 31.7 Å². The van der Waals surface area contributed by atoms with Crippen LogP contribution in [-0.2, 0) is 20.9 Å². The van der Waals surface area contributed by atoms with Crippen molar-refractivity contribution in [2.45, 2.75) is 19.6 Å². The normalized spacial score (nSPS) is 19.4. The molecule has 5 rings (SSSR count). The minimum absolute atomic E-state index is 0.000932. The van der Waals surface area contributed by atoms with E-state index in [0.29, 0.717) is 49.8 Å². The molecule has 3 aromatic carbocycles. The highest BCUT2D eigenvalue weighted by molar-refractivity contribution is 6.46. The van der Waals surface area contributed by atoms with Crippen LogP contribution in [0.1, 0.15) is 28.3 Å². The topological polar surface area (TPSA) is 99.5 Å². The second kappa shape index (κ2) is 11.7. The number of morpholine rings is 1. The van der Waals surface area contributed by atoms with Gasteiger partial charge in [0.2, 0.25) is 0 Å². The van der Waals surface area contributed by atoms with Gasteiger partial charge in [-0.15, -0.1) is 0 Å². The van der Waals surface area contributed by atoms with Crippen LogP contribution in [0.15, 0.2) is 78.4 Å². The zero-order valence-corrected chi connectivity index (χ0v) is 21.9. The lowest BCUT2D eigenvalue weighted by Gasteiger charge is -2.31. The number of ether oxygens (including phenoxy) is 2. The van der Waals surface area contributed by atoms with Crippen LogP contribution >= 0.6 is 0 Å². The third-order valence-corrected chi connectivity index (χ3v) is 7.10. The van der Waals surface area contributed by atoms with Gasteiger partial charge in [-0.2, -0.15) is 0 Å². The molecule has 0 aromatic heterocycles. The summed E-state index contributed by atoms with van der Waals surface area (Å²) in [5.41, 5.74) is 3.15. The molecule has 0 unspecified atom stereocenters. The summed E-state index contributed by atoms with van der Waals surface area (Å²) in [6.07, 6.45) is 0. The number of carbonyl (C=O) groups is 2. The monoisotopic (exact) mass is 528 g/mol. The van der Waals surface area contributed by atoms with Crippen LogP contribution in [0.25, 0.3) is 5.76 Å². The van der Waals surface area contributed by atoms with Crippen LogP contribution in [0.3, 0.4) is 0 Å². The fourth-order valence-corrected chi connectivity index (χ4v) is 5.06. The molecule has 2 aliphatic heterocycles. The van der Waals surface area contributed by atoms with Crippen molar-refractivity contribution in [1.29, 1.82) is 0 Å². The molecule has 202 valence electrons. The average molecular weight is 529 g/mol. The van der Waals surface area contributed by atoms with Crippen LogP contribution in [-0.4, -0.2) is 71.1 Å². The SMILES string of the molecule is Cc1cccc(COc2ccc(C(O)=C3C(=O)C(=O)N(CCN4CCOCC4)[C@H]3c3cccc(O)c3)cc2)c1. The van der Waals surface area contributed by atoms with Gasteiger partial charge in [0.05, 0.1) is 24.8 Å². The fourth-order valence-electron chi connectivity index (χ4n) is 5.06. The molecule has 3 aromatic rings. The number of aromatic hydroxyl groups is 1. The van der Waals surface area contributed by atoms with Crippen molar-refractivity contribution in [1.82, 2.24) is 9.80 Å². The highest BCUT2D eigenvalue weighted by Crippen LogP contribution is 2.40. The second-order valence-corrected chi connectivity index (χ2v) is 9.84. The first kappa shape index (κ1) is 26.5. The van der Waals surface area contributed by atoms with Crippen molar-refractivity contribution in [3.8, 4) is 11.5 Å². The number of carbonyl (C=O) groups excluding carboxylic acids is 2. The van der Waals surface area contributed by atoms with Crippen LogP contribution in [0, 0.1) is 6.92 Å². The van der Waals surface area contributed by atoms with Gasteiger partial charge in [-0.3, -0.25) is 14.5 Å². The van der Waals surface area contributed by atoms with Crippen molar-refractivity contribution in [2.75, 3.05) is 39.4 Å². The van der Waals surface area contributed by atoms with E-state index in [1.807, 2.05) is 25.1 Å². The molecular weight excluding hydrogens is 496 g/mol. The van der Waals surface area contributed by atoms with Gasteiger partial charge in [-0.25, -0.2) is 0 Å². The number of rotatable bonds is 8. The summed E-state index contributed by atoms with van der Waals surface area (Å²) in [6, 6.07) is 20.5. The number of ketones is 1. The van der Waals surface area contributed by atoms with E-state index in [9.17, 15) is 19.8 Å². The predicted molar refractivity (Wildman–Crippen MR) is 146 cm³/mol. The van der Waals surface area contributed by atoms with Crippen LogP contribution in [0.2, 0.25) is 0 Å². The molecule has 0 bridgehead atoms. The molecule has 8 nitrogen and oxygen atoms in total. The number of benzene rings is 3. The third-order valence-electron chi connectivity index (χ3n) is 7.10. The van der Waals surface area contributed by atoms with E-state index in [1.165, 1.54) is 17.0 Å². The van der Waals surface area contributed by atoms with Gasteiger partial charge < -0.3 is 24.6 Å². The maximum atomic E-state index is 13.3. The van der Waals surface area contributed by atoms with Gasteiger partial charge in [0.15, 0.2) is 0 Å². The van der Waals surface area contributed by atoms with Crippen molar-refractivity contribution >= 4 is 17.4 Å². The molecule has 0 spiro atoms. The molecule has 1 amide bonds. The number of likely N-dealkylation sites (tertiary alicyclic amines) is 1. The number of aryl methyl sites for hydroxylation is 1. The molecule has 2 aliphatic rings. The Kier molecular flexibility index (Phi) is 7.95. The molecule has 2 fully saturated rings. The highest BCUT2D eigenvalue weighted by Gasteiger charge is 2.46. The van der Waals surface area contributed by atoms with Crippen molar-refractivity contribution in [3.05, 3.63) is 101 Å². The Morgan fingerprint density at radius 3 is 2.44 bits per heavy atom. The van der Waals surface area contributed by atoms with Gasteiger partial charge in [0.25, 0.3) is 11.7 Å². The molecule has 0 saturated carbocycles. The first-order valence-electron chi connectivity index (χ1n) is 13.1. The molecule has 2 saturated heterocycles. The molecule has 0 aliphatic carbocycles. The summed E-state index contributed by atoms with van der Waals surface area (Å²) in [6.45, 7) is 6.04. The maximum Gasteiger partial charge on any atom is 0.295 e. The van der Waals surface area contributed by atoms with Gasteiger partial charge >= 0.3 is 0 Å². The van der Waals surface area contributed by atoms with E-state index >= 15 is 0 Å². The first-order chi connectivity index (χ1) is 18.9. The molecule has 2 heterocycles. The standard InChI is InChI=1S/C31H32N2O6/c1-21-4-2-5-22(18-21)20-39-26-10-8-23(9-11-26)29(35)27-28(24-6-3-7-25(34)19-24)33(31(37)30(27)36)13-12-32-14-16-38-17-15-32/h2-11,18-19,28,34-35H,12-17,20H2,1H3/t28-/m0/s1. The molecule has 8 heteroatoms. The summed E-state index contributed by atoms with van der Waals surface area (Å²) in [5.74, 6) is -1.05. The Balaban J connectivity index is 1.41. The number of Topliss-reactive ketones (excluding diaryl/α,β-unsaturated/α-hetero) is 1. The van der Waals surface area contributed by atoms with Crippen molar-refractivity contribution in [3.63, 3.8) is 0 Å². The number of phenols is 1. The highest BCUT2D eigenvalue weighted by atomic mass is 16.5. The molecule has 0 radical (unpaired) electrons. The third kappa shape index (κ3) is 5.97. The lowest BCUT2D eigenvalue weighted by molar-refractivity contribution is -0.140. The predicted octanol–water partition coefficient (Wildman–Crippen LogP) is 4.03. The zero-order chi connectivity index (χ0) is 27.4. The molecule has 1 atom stereocenters. The van der Waals surface area contributed by atoms with Gasteiger partial charge in [-0.05, 0) is 54.4 Å². The molecular formula is C31H32N2O6. The minimum Gasteiger partial charge on any atom is -0.508 e. The van der Waals surface area contributed by atoms with Crippen LogP contribution in [0.5, 0.6) is 11.5 Å². The Bertz CT molecular complexity index is 1380. The summed E-state index contributed by atoms with van der Waals surface area (Å²) >= 11 is 0. The smallest absolute Gasteiger partial charge is 0.295 e. The van der Waals surface area contributed by atoms with E-state index in [4.69, 9.17) is 9.47 Å². The Labute approximate surface area is 227 Å². The van der Waals surface area contributed by atoms with Crippen LogP contribution < -0.4 is 4.74 Å². The van der Waals surface area contributed by atoms with Crippen molar-refractivity contribution < 1.29 is 29.3 Å². The summed E-state index contributed by atoms with van der Waals surface area (Å²) in [7, 11) is 0. The van der Waals surface area contributed by atoms with Crippen molar-refractivity contribution in [2.24, 2.45) is 0 Å².